The molecule has 0 aliphatic carbocycles. The van der Waals surface area contributed by atoms with Crippen LogP contribution in [0.4, 0.5) is 5.69 Å². The number of nitrogens with one attached hydrogen (secondary N) is 2. The highest BCUT2D eigenvalue weighted by atomic mass is 35.5. The van der Waals surface area contributed by atoms with Crippen molar-refractivity contribution in [2.24, 2.45) is 0 Å². The standard InChI is InChI=1S/C18H19ClN2OS/c1-3-12(2)15-6-4-5-7-16(15)20-18(23)21-17(22)13-8-10-14(19)11-9-13/h4-12H,3H2,1-2H3,(H2,20,21,22,23). The molecule has 2 aromatic carbocycles. The Balaban J connectivity index is 2.05. The lowest BCUT2D eigenvalue weighted by Crippen LogP contribution is -2.34. The van der Waals surface area contributed by atoms with E-state index in [0.717, 1.165) is 12.1 Å². The molecule has 1 unspecified atom stereocenters. The fourth-order valence-electron chi connectivity index (χ4n) is 2.19. The van der Waals surface area contributed by atoms with Gasteiger partial charge in [0.1, 0.15) is 0 Å². The Hall–Kier alpha value is -1.91. The first kappa shape index (κ1) is 17.4. The molecule has 0 aromatic heterocycles. The smallest absolute Gasteiger partial charge is 0.257 e. The number of rotatable bonds is 4. The quantitative estimate of drug-likeness (QED) is 0.767. The van der Waals surface area contributed by atoms with Gasteiger partial charge >= 0.3 is 0 Å². The summed E-state index contributed by atoms with van der Waals surface area (Å²) in [6.07, 6.45) is 1.03. The molecule has 0 heterocycles. The van der Waals surface area contributed by atoms with E-state index in [9.17, 15) is 4.79 Å². The van der Waals surface area contributed by atoms with E-state index >= 15 is 0 Å². The minimum Gasteiger partial charge on any atom is -0.332 e. The number of anilines is 1. The fourth-order valence-corrected chi connectivity index (χ4v) is 2.52. The van der Waals surface area contributed by atoms with Crippen LogP contribution in [0.15, 0.2) is 48.5 Å². The van der Waals surface area contributed by atoms with Gasteiger partial charge in [-0.15, -0.1) is 0 Å². The molecule has 5 heteroatoms. The molecule has 23 heavy (non-hydrogen) atoms. The topological polar surface area (TPSA) is 41.1 Å². The normalized spacial score (nSPS) is 11.6. The van der Waals surface area contributed by atoms with Gasteiger partial charge in [-0.25, -0.2) is 0 Å². The van der Waals surface area contributed by atoms with Crippen LogP contribution in [-0.4, -0.2) is 11.0 Å². The van der Waals surface area contributed by atoms with Gasteiger partial charge in [-0.2, -0.15) is 0 Å². The van der Waals surface area contributed by atoms with Crippen molar-refractivity contribution in [3.8, 4) is 0 Å². The molecular formula is C18H19ClN2OS. The Morgan fingerprint density at radius 2 is 1.83 bits per heavy atom. The van der Waals surface area contributed by atoms with Gasteiger partial charge in [0.25, 0.3) is 5.91 Å². The van der Waals surface area contributed by atoms with Gasteiger partial charge in [-0.3, -0.25) is 10.1 Å². The summed E-state index contributed by atoms with van der Waals surface area (Å²) in [5, 5.41) is 6.66. The zero-order valence-corrected chi connectivity index (χ0v) is 14.7. The highest BCUT2D eigenvalue weighted by Crippen LogP contribution is 2.26. The SMILES string of the molecule is CCC(C)c1ccccc1NC(=S)NC(=O)c1ccc(Cl)cc1. The summed E-state index contributed by atoms with van der Waals surface area (Å²) >= 11 is 11.1. The first-order valence-corrected chi connectivity index (χ1v) is 8.26. The van der Waals surface area contributed by atoms with Crippen LogP contribution in [0.5, 0.6) is 0 Å². The monoisotopic (exact) mass is 346 g/mol. The van der Waals surface area contributed by atoms with E-state index in [0.29, 0.717) is 16.5 Å². The van der Waals surface area contributed by atoms with Gasteiger partial charge in [0.05, 0.1) is 0 Å². The third-order valence-corrected chi connectivity index (χ3v) is 4.14. The van der Waals surface area contributed by atoms with Gasteiger partial charge in [0.2, 0.25) is 0 Å². The van der Waals surface area contributed by atoms with Crippen LogP contribution in [0.2, 0.25) is 5.02 Å². The van der Waals surface area contributed by atoms with Crippen molar-refractivity contribution >= 4 is 40.5 Å². The van der Waals surface area contributed by atoms with Gasteiger partial charge in [-0.05, 0) is 60.5 Å². The molecule has 0 radical (unpaired) electrons. The summed E-state index contributed by atoms with van der Waals surface area (Å²) in [4.78, 5) is 12.1. The third-order valence-electron chi connectivity index (χ3n) is 3.69. The molecule has 120 valence electrons. The lowest BCUT2D eigenvalue weighted by atomic mass is 9.97. The molecule has 3 nitrogen and oxygen atoms in total. The van der Waals surface area contributed by atoms with E-state index in [-0.39, 0.29) is 11.0 Å². The van der Waals surface area contributed by atoms with Gasteiger partial charge < -0.3 is 5.32 Å². The average molecular weight is 347 g/mol. The van der Waals surface area contributed by atoms with Crippen LogP contribution in [0, 0.1) is 0 Å². The van der Waals surface area contributed by atoms with Crippen molar-refractivity contribution in [2.45, 2.75) is 26.2 Å². The lowest BCUT2D eigenvalue weighted by Gasteiger charge is -2.17. The molecular weight excluding hydrogens is 328 g/mol. The van der Waals surface area contributed by atoms with E-state index in [1.165, 1.54) is 5.56 Å². The van der Waals surface area contributed by atoms with E-state index in [1.807, 2.05) is 18.2 Å². The number of thiocarbonyl (C=S) groups is 1. The molecule has 0 spiro atoms. The number of hydrogen-bond donors (Lipinski definition) is 2. The molecule has 0 saturated carbocycles. The number of carbonyl (C=O) groups is 1. The van der Waals surface area contributed by atoms with Crippen LogP contribution < -0.4 is 10.6 Å². The summed E-state index contributed by atoms with van der Waals surface area (Å²) in [6, 6.07) is 14.6. The van der Waals surface area contributed by atoms with Crippen LogP contribution >= 0.6 is 23.8 Å². The predicted molar refractivity (Wildman–Crippen MR) is 100 cm³/mol. The molecule has 1 atom stereocenters. The maximum atomic E-state index is 12.1. The zero-order valence-electron chi connectivity index (χ0n) is 13.1. The van der Waals surface area contributed by atoms with Gasteiger partial charge in [0, 0.05) is 16.3 Å². The Labute approximate surface area is 147 Å². The number of halogens is 1. The highest BCUT2D eigenvalue weighted by molar-refractivity contribution is 7.80. The molecule has 0 aliphatic rings. The molecule has 1 amide bonds. The van der Waals surface area contributed by atoms with Crippen molar-refractivity contribution < 1.29 is 4.79 Å². The molecule has 0 bridgehead atoms. The van der Waals surface area contributed by atoms with Crippen LogP contribution in [0.3, 0.4) is 0 Å². The van der Waals surface area contributed by atoms with Crippen molar-refractivity contribution in [1.82, 2.24) is 5.32 Å². The number of carbonyl (C=O) groups excluding carboxylic acids is 1. The van der Waals surface area contributed by atoms with Crippen LogP contribution in [0.25, 0.3) is 0 Å². The fraction of sp³-hybridized carbons (Fsp3) is 0.222. The Bertz CT molecular complexity index is 700. The molecule has 0 fully saturated rings. The minimum absolute atomic E-state index is 0.264. The van der Waals surface area contributed by atoms with Crippen LogP contribution in [0.1, 0.15) is 42.1 Å². The van der Waals surface area contributed by atoms with Crippen molar-refractivity contribution in [1.29, 1.82) is 0 Å². The number of hydrogen-bond acceptors (Lipinski definition) is 2. The molecule has 2 N–H and O–H groups in total. The number of benzene rings is 2. The third kappa shape index (κ3) is 4.78. The minimum atomic E-state index is -0.264. The van der Waals surface area contributed by atoms with E-state index in [4.69, 9.17) is 23.8 Å². The average Bonchev–Trinajstić information content (AvgIpc) is 2.55. The van der Waals surface area contributed by atoms with E-state index in [1.54, 1.807) is 24.3 Å². The Morgan fingerprint density at radius 1 is 1.17 bits per heavy atom. The van der Waals surface area contributed by atoms with Crippen molar-refractivity contribution in [2.75, 3.05) is 5.32 Å². The Morgan fingerprint density at radius 3 is 2.48 bits per heavy atom. The van der Waals surface area contributed by atoms with E-state index in [2.05, 4.69) is 30.5 Å². The van der Waals surface area contributed by atoms with Gasteiger partial charge in [-0.1, -0.05) is 43.6 Å². The summed E-state index contributed by atoms with van der Waals surface area (Å²) < 4.78 is 0. The molecule has 2 aromatic rings. The maximum Gasteiger partial charge on any atom is 0.257 e. The lowest BCUT2D eigenvalue weighted by molar-refractivity contribution is 0.0978. The highest BCUT2D eigenvalue weighted by Gasteiger charge is 2.11. The van der Waals surface area contributed by atoms with Crippen molar-refractivity contribution in [3.05, 3.63) is 64.7 Å². The number of amides is 1. The van der Waals surface area contributed by atoms with Gasteiger partial charge in [0.15, 0.2) is 5.11 Å². The second-order valence-corrected chi connectivity index (χ2v) is 6.16. The summed E-state index contributed by atoms with van der Waals surface area (Å²) in [7, 11) is 0. The largest absolute Gasteiger partial charge is 0.332 e. The second kappa shape index (κ2) is 8.09. The van der Waals surface area contributed by atoms with Crippen LogP contribution in [-0.2, 0) is 0 Å². The first-order valence-electron chi connectivity index (χ1n) is 7.48. The molecule has 0 saturated heterocycles. The first-order chi connectivity index (χ1) is 11.0. The zero-order chi connectivity index (χ0) is 16.8. The maximum absolute atomic E-state index is 12.1. The van der Waals surface area contributed by atoms with E-state index < -0.39 is 0 Å². The number of para-hydroxylation sites is 1. The summed E-state index contributed by atoms with van der Waals surface area (Å²) in [5.41, 5.74) is 2.61. The summed E-state index contributed by atoms with van der Waals surface area (Å²) in [6.45, 7) is 4.30. The van der Waals surface area contributed by atoms with Crippen molar-refractivity contribution in [3.63, 3.8) is 0 Å². The molecule has 2 rings (SSSR count). The predicted octanol–water partition coefficient (Wildman–Crippen LogP) is 4.98. The summed E-state index contributed by atoms with van der Waals surface area (Å²) in [5.74, 6) is 0.147. The molecule has 0 aliphatic heterocycles. The Kier molecular flexibility index (Phi) is 6.13. The second-order valence-electron chi connectivity index (χ2n) is 5.31.